The summed E-state index contributed by atoms with van der Waals surface area (Å²) in [5, 5.41) is 2.99. The fourth-order valence-electron chi connectivity index (χ4n) is 1.78. The average Bonchev–Trinajstić information content (AvgIpc) is 2.15. The minimum atomic E-state index is -0.249. The summed E-state index contributed by atoms with van der Waals surface area (Å²) in [6.45, 7) is 4.01. The van der Waals surface area contributed by atoms with Gasteiger partial charge in [-0.05, 0) is 37.4 Å². The largest absolute Gasteiger partial charge is 0.325 e. The van der Waals surface area contributed by atoms with Gasteiger partial charge in [0.05, 0.1) is 0 Å². The third kappa shape index (κ3) is 2.52. The monoisotopic (exact) mass is 234 g/mol. The van der Waals surface area contributed by atoms with Crippen LogP contribution in [0.2, 0.25) is 5.02 Å². The lowest BCUT2D eigenvalue weighted by atomic mass is 9.96. The molecule has 2 N–H and O–H groups in total. The van der Waals surface area contributed by atoms with Gasteiger partial charge in [0.25, 0.3) is 0 Å². The number of nitrogens with zero attached hydrogens (tertiary/aromatic N) is 1. The number of hydrogen-bond donors (Lipinski definition) is 1. The van der Waals surface area contributed by atoms with Crippen molar-refractivity contribution >= 4 is 22.4 Å². The van der Waals surface area contributed by atoms with Crippen LogP contribution in [0, 0.1) is 0 Å². The summed E-state index contributed by atoms with van der Waals surface area (Å²) in [6.07, 6.45) is 2.56. The van der Waals surface area contributed by atoms with E-state index in [1.165, 1.54) is 0 Å². The molecule has 1 aromatic carbocycles. The maximum atomic E-state index is 6.02. The Morgan fingerprint density at radius 2 is 2.06 bits per heavy atom. The van der Waals surface area contributed by atoms with Gasteiger partial charge in [-0.2, -0.15) is 0 Å². The Morgan fingerprint density at radius 1 is 1.31 bits per heavy atom. The molecule has 0 bridgehead atoms. The Morgan fingerprint density at radius 3 is 2.75 bits per heavy atom. The molecule has 0 unspecified atom stereocenters. The van der Waals surface area contributed by atoms with E-state index in [-0.39, 0.29) is 5.54 Å². The Bertz CT molecular complexity index is 515. The van der Waals surface area contributed by atoms with E-state index in [0.29, 0.717) is 0 Å². The van der Waals surface area contributed by atoms with Gasteiger partial charge >= 0.3 is 0 Å². The fourth-order valence-corrected chi connectivity index (χ4v) is 1.96. The molecule has 0 amide bonds. The molecule has 16 heavy (non-hydrogen) atoms. The first-order chi connectivity index (χ1) is 7.46. The molecule has 2 aromatic rings. The lowest BCUT2D eigenvalue weighted by Gasteiger charge is -2.18. The predicted molar refractivity (Wildman–Crippen MR) is 68.7 cm³/mol. The third-order valence-corrected chi connectivity index (χ3v) is 2.67. The van der Waals surface area contributed by atoms with E-state index in [2.05, 4.69) is 4.98 Å². The summed E-state index contributed by atoms with van der Waals surface area (Å²) in [6, 6.07) is 7.81. The van der Waals surface area contributed by atoms with Gasteiger partial charge in [0.1, 0.15) is 0 Å². The standard InChI is InChI=1S/C13H15ClN2/c1-13(2,15)8-12-11-4-3-10(14)7-9(11)5-6-16-12/h3-7H,8,15H2,1-2H3. The van der Waals surface area contributed by atoms with Gasteiger partial charge in [0.15, 0.2) is 0 Å². The number of nitrogens with two attached hydrogens (primary N) is 1. The molecular weight excluding hydrogens is 220 g/mol. The van der Waals surface area contributed by atoms with Gasteiger partial charge < -0.3 is 5.73 Å². The quantitative estimate of drug-likeness (QED) is 0.867. The van der Waals surface area contributed by atoms with Crippen LogP contribution in [-0.2, 0) is 6.42 Å². The summed E-state index contributed by atoms with van der Waals surface area (Å²) in [4.78, 5) is 4.40. The highest BCUT2D eigenvalue weighted by Crippen LogP contribution is 2.23. The van der Waals surface area contributed by atoms with Crippen molar-refractivity contribution in [2.24, 2.45) is 5.73 Å². The molecule has 1 heterocycles. The van der Waals surface area contributed by atoms with Gasteiger partial charge in [0.2, 0.25) is 0 Å². The Labute approximate surface area is 100 Å². The smallest absolute Gasteiger partial charge is 0.0499 e. The van der Waals surface area contributed by atoms with Crippen LogP contribution in [0.15, 0.2) is 30.5 Å². The average molecular weight is 235 g/mol. The maximum absolute atomic E-state index is 6.02. The second kappa shape index (κ2) is 4.04. The summed E-state index contributed by atoms with van der Waals surface area (Å²) in [5.41, 5.74) is 6.80. The molecule has 0 aliphatic rings. The van der Waals surface area contributed by atoms with E-state index in [1.807, 2.05) is 38.1 Å². The van der Waals surface area contributed by atoms with Crippen molar-refractivity contribution in [2.45, 2.75) is 25.8 Å². The molecule has 0 saturated carbocycles. The van der Waals surface area contributed by atoms with E-state index in [1.54, 1.807) is 6.20 Å². The Kier molecular flexibility index (Phi) is 2.87. The normalized spacial score (nSPS) is 12.0. The molecule has 1 aromatic heterocycles. The van der Waals surface area contributed by atoms with Crippen molar-refractivity contribution in [3.8, 4) is 0 Å². The molecule has 0 aliphatic heterocycles. The highest BCUT2D eigenvalue weighted by molar-refractivity contribution is 6.31. The number of halogens is 1. The highest BCUT2D eigenvalue weighted by Gasteiger charge is 2.14. The SMILES string of the molecule is CC(C)(N)Cc1nccc2cc(Cl)ccc12. The summed E-state index contributed by atoms with van der Waals surface area (Å²) in [5.74, 6) is 0. The lowest BCUT2D eigenvalue weighted by molar-refractivity contribution is 0.512. The van der Waals surface area contributed by atoms with Crippen molar-refractivity contribution in [1.29, 1.82) is 0 Å². The van der Waals surface area contributed by atoms with Gasteiger partial charge in [0, 0.05) is 34.3 Å². The molecule has 0 spiro atoms. The second-order valence-corrected chi connectivity index (χ2v) is 5.22. The topological polar surface area (TPSA) is 38.9 Å². The third-order valence-electron chi connectivity index (χ3n) is 2.43. The van der Waals surface area contributed by atoms with E-state index < -0.39 is 0 Å². The highest BCUT2D eigenvalue weighted by atomic mass is 35.5. The van der Waals surface area contributed by atoms with Crippen LogP contribution in [0.1, 0.15) is 19.5 Å². The van der Waals surface area contributed by atoms with Crippen molar-refractivity contribution < 1.29 is 0 Å². The summed E-state index contributed by atoms with van der Waals surface area (Å²) in [7, 11) is 0. The van der Waals surface area contributed by atoms with Gasteiger partial charge in [-0.3, -0.25) is 4.98 Å². The molecule has 2 nitrogen and oxygen atoms in total. The van der Waals surface area contributed by atoms with E-state index in [0.717, 1.165) is 27.9 Å². The first-order valence-corrected chi connectivity index (χ1v) is 5.65. The summed E-state index contributed by atoms with van der Waals surface area (Å²) >= 11 is 5.96. The zero-order valence-corrected chi connectivity index (χ0v) is 10.3. The molecular formula is C13H15ClN2. The molecule has 0 saturated heterocycles. The first kappa shape index (κ1) is 11.4. The lowest BCUT2D eigenvalue weighted by Crippen LogP contribution is -2.34. The molecule has 0 fully saturated rings. The molecule has 84 valence electrons. The molecule has 0 atom stereocenters. The number of rotatable bonds is 2. The zero-order valence-electron chi connectivity index (χ0n) is 9.50. The zero-order chi connectivity index (χ0) is 11.8. The number of aromatic nitrogens is 1. The molecule has 0 radical (unpaired) electrons. The molecule has 0 aliphatic carbocycles. The van der Waals surface area contributed by atoms with Crippen LogP contribution in [0.4, 0.5) is 0 Å². The van der Waals surface area contributed by atoms with E-state index in [4.69, 9.17) is 17.3 Å². The van der Waals surface area contributed by atoms with Crippen molar-refractivity contribution in [3.63, 3.8) is 0 Å². The number of fused-ring (bicyclic) bond motifs is 1. The van der Waals surface area contributed by atoms with Gasteiger partial charge in [-0.15, -0.1) is 0 Å². The Hall–Kier alpha value is -1.12. The van der Waals surface area contributed by atoms with E-state index in [9.17, 15) is 0 Å². The van der Waals surface area contributed by atoms with Gasteiger partial charge in [-0.25, -0.2) is 0 Å². The fraction of sp³-hybridized carbons (Fsp3) is 0.308. The van der Waals surface area contributed by atoms with Crippen molar-refractivity contribution in [1.82, 2.24) is 4.98 Å². The van der Waals surface area contributed by atoms with Crippen LogP contribution in [-0.4, -0.2) is 10.5 Å². The minimum Gasteiger partial charge on any atom is -0.325 e. The number of pyridine rings is 1. The molecule has 3 heteroatoms. The minimum absolute atomic E-state index is 0.249. The van der Waals surface area contributed by atoms with Crippen molar-refractivity contribution in [3.05, 3.63) is 41.2 Å². The van der Waals surface area contributed by atoms with Crippen molar-refractivity contribution in [2.75, 3.05) is 0 Å². The van der Waals surface area contributed by atoms with E-state index >= 15 is 0 Å². The van der Waals surface area contributed by atoms with Crippen LogP contribution >= 0.6 is 11.6 Å². The Balaban J connectivity index is 2.54. The van der Waals surface area contributed by atoms with Crippen LogP contribution in [0.25, 0.3) is 10.8 Å². The van der Waals surface area contributed by atoms with Crippen LogP contribution in [0.5, 0.6) is 0 Å². The van der Waals surface area contributed by atoms with Crippen LogP contribution in [0.3, 0.4) is 0 Å². The number of benzene rings is 1. The maximum Gasteiger partial charge on any atom is 0.0499 e. The number of hydrogen-bond acceptors (Lipinski definition) is 2. The molecule has 2 rings (SSSR count). The summed E-state index contributed by atoms with van der Waals surface area (Å²) < 4.78 is 0. The van der Waals surface area contributed by atoms with Crippen LogP contribution < -0.4 is 5.73 Å². The predicted octanol–water partition coefficient (Wildman–Crippen LogP) is 3.17. The second-order valence-electron chi connectivity index (χ2n) is 4.79. The first-order valence-electron chi connectivity index (χ1n) is 5.28. The van der Waals surface area contributed by atoms with Gasteiger partial charge in [-0.1, -0.05) is 17.7 Å².